The normalized spacial score (nSPS) is 12.2. The van der Waals surface area contributed by atoms with E-state index in [0.717, 1.165) is 27.8 Å². The Morgan fingerprint density at radius 1 is 1.11 bits per heavy atom. The number of para-hydroxylation sites is 1. The smallest absolute Gasteiger partial charge is 0.122 e. The second kappa shape index (κ2) is 6.03. The van der Waals surface area contributed by atoms with Gasteiger partial charge in [-0.3, -0.25) is 0 Å². The van der Waals surface area contributed by atoms with Crippen LogP contribution in [-0.2, 0) is 6.42 Å². The van der Waals surface area contributed by atoms with Crippen LogP contribution in [0.4, 0.5) is 0 Å². The molecule has 94 valence electrons. The van der Waals surface area contributed by atoms with E-state index in [4.69, 9.17) is 10.5 Å². The van der Waals surface area contributed by atoms with Crippen molar-refractivity contribution < 1.29 is 4.74 Å². The van der Waals surface area contributed by atoms with Gasteiger partial charge in [-0.05, 0) is 35.7 Å². The van der Waals surface area contributed by atoms with Crippen LogP contribution >= 0.6 is 15.9 Å². The topological polar surface area (TPSA) is 35.2 Å². The van der Waals surface area contributed by atoms with Crippen LogP contribution in [0.3, 0.4) is 0 Å². The zero-order valence-corrected chi connectivity index (χ0v) is 11.9. The maximum atomic E-state index is 6.23. The van der Waals surface area contributed by atoms with Crippen LogP contribution in [0.2, 0.25) is 0 Å². The van der Waals surface area contributed by atoms with Crippen molar-refractivity contribution in [2.75, 3.05) is 7.11 Å². The summed E-state index contributed by atoms with van der Waals surface area (Å²) in [5.41, 5.74) is 8.49. The molecular weight excluding hydrogens is 290 g/mol. The Kier molecular flexibility index (Phi) is 4.39. The maximum absolute atomic E-state index is 6.23. The predicted molar refractivity (Wildman–Crippen MR) is 77.8 cm³/mol. The summed E-state index contributed by atoms with van der Waals surface area (Å²) in [6, 6.07) is 16.1. The molecule has 0 fully saturated rings. The quantitative estimate of drug-likeness (QED) is 0.935. The van der Waals surface area contributed by atoms with Crippen molar-refractivity contribution in [2.45, 2.75) is 12.5 Å². The van der Waals surface area contributed by atoms with Crippen molar-refractivity contribution in [3.05, 3.63) is 64.1 Å². The molecule has 0 aliphatic heterocycles. The van der Waals surface area contributed by atoms with Gasteiger partial charge >= 0.3 is 0 Å². The van der Waals surface area contributed by atoms with E-state index in [1.165, 1.54) is 0 Å². The molecule has 0 saturated carbocycles. The van der Waals surface area contributed by atoms with E-state index in [1.807, 2.05) is 42.5 Å². The first-order valence-corrected chi connectivity index (χ1v) is 6.63. The number of hydrogen-bond donors (Lipinski definition) is 1. The van der Waals surface area contributed by atoms with E-state index in [2.05, 4.69) is 22.0 Å². The number of rotatable bonds is 4. The van der Waals surface area contributed by atoms with Gasteiger partial charge in [0.2, 0.25) is 0 Å². The van der Waals surface area contributed by atoms with Crippen LogP contribution < -0.4 is 10.5 Å². The van der Waals surface area contributed by atoms with Crippen molar-refractivity contribution in [3.8, 4) is 5.75 Å². The second-order valence-electron chi connectivity index (χ2n) is 4.17. The molecular formula is C15H16BrNO. The maximum Gasteiger partial charge on any atom is 0.122 e. The summed E-state index contributed by atoms with van der Waals surface area (Å²) in [6.07, 6.45) is 0.769. The number of methoxy groups -OCH3 is 1. The summed E-state index contributed by atoms with van der Waals surface area (Å²) in [5, 5.41) is 0. The zero-order chi connectivity index (χ0) is 13.0. The minimum atomic E-state index is -0.0191. The van der Waals surface area contributed by atoms with Gasteiger partial charge in [-0.15, -0.1) is 0 Å². The molecule has 0 aromatic heterocycles. The molecule has 0 saturated heterocycles. The highest BCUT2D eigenvalue weighted by atomic mass is 79.9. The van der Waals surface area contributed by atoms with Gasteiger partial charge in [0.05, 0.1) is 7.11 Å². The van der Waals surface area contributed by atoms with Crippen LogP contribution in [0.15, 0.2) is 53.0 Å². The van der Waals surface area contributed by atoms with E-state index < -0.39 is 0 Å². The molecule has 2 aromatic carbocycles. The van der Waals surface area contributed by atoms with Crippen molar-refractivity contribution in [2.24, 2.45) is 5.73 Å². The van der Waals surface area contributed by atoms with Gasteiger partial charge in [0.1, 0.15) is 5.75 Å². The largest absolute Gasteiger partial charge is 0.496 e. The lowest BCUT2D eigenvalue weighted by Crippen LogP contribution is -2.13. The lowest BCUT2D eigenvalue weighted by molar-refractivity contribution is 0.408. The third kappa shape index (κ3) is 3.12. The van der Waals surface area contributed by atoms with E-state index in [-0.39, 0.29) is 6.04 Å². The number of hydrogen-bond acceptors (Lipinski definition) is 2. The molecule has 18 heavy (non-hydrogen) atoms. The Labute approximate surface area is 116 Å². The average Bonchev–Trinajstić information content (AvgIpc) is 2.40. The molecule has 0 spiro atoms. The Hall–Kier alpha value is -1.32. The van der Waals surface area contributed by atoms with Crippen molar-refractivity contribution in [1.29, 1.82) is 0 Å². The van der Waals surface area contributed by atoms with Crippen LogP contribution in [0.1, 0.15) is 17.2 Å². The lowest BCUT2D eigenvalue weighted by atomic mass is 9.99. The summed E-state index contributed by atoms with van der Waals surface area (Å²) >= 11 is 3.42. The van der Waals surface area contributed by atoms with Crippen molar-refractivity contribution in [3.63, 3.8) is 0 Å². The summed E-state index contributed by atoms with van der Waals surface area (Å²) in [7, 11) is 1.68. The molecule has 0 bridgehead atoms. The molecule has 1 unspecified atom stereocenters. The van der Waals surface area contributed by atoms with Crippen LogP contribution in [0.5, 0.6) is 5.75 Å². The third-order valence-corrected chi connectivity index (χ3v) is 3.46. The van der Waals surface area contributed by atoms with E-state index >= 15 is 0 Å². The molecule has 0 aliphatic rings. The Morgan fingerprint density at radius 3 is 2.44 bits per heavy atom. The van der Waals surface area contributed by atoms with Gasteiger partial charge in [-0.2, -0.15) is 0 Å². The summed E-state index contributed by atoms with van der Waals surface area (Å²) in [6.45, 7) is 0. The van der Waals surface area contributed by atoms with E-state index in [0.29, 0.717) is 0 Å². The molecule has 2 aromatic rings. The van der Waals surface area contributed by atoms with Crippen LogP contribution in [-0.4, -0.2) is 7.11 Å². The molecule has 2 rings (SSSR count). The molecule has 0 radical (unpaired) electrons. The molecule has 3 heteroatoms. The first-order chi connectivity index (χ1) is 8.70. The lowest BCUT2D eigenvalue weighted by Gasteiger charge is -2.14. The zero-order valence-electron chi connectivity index (χ0n) is 10.3. The van der Waals surface area contributed by atoms with Gasteiger partial charge in [-0.25, -0.2) is 0 Å². The molecule has 0 aliphatic carbocycles. The molecule has 2 nitrogen and oxygen atoms in total. The minimum Gasteiger partial charge on any atom is -0.496 e. The van der Waals surface area contributed by atoms with E-state index in [1.54, 1.807) is 7.11 Å². The van der Waals surface area contributed by atoms with Gasteiger partial charge < -0.3 is 10.5 Å². The summed E-state index contributed by atoms with van der Waals surface area (Å²) in [4.78, 5) is 0. The highest BCUT2D eigenvalue weighted by Crippen LogP contribution is 2.24. The van der Waals surface area contributed by atoms with Gasteiger partial charge in [0.15, 0.2) is 0 Å². The summed E-state index contributed by atoms with van der Waals surface area (Å²) < 4.78 is 6.40. The van der Waals surface area contributed by atoms with Gasteiger partial charge in [0, 0.05) is 10.5 Å². The summed E-state index contributed by atoms with van der Waals surface area (Å²) in [5.74, 6) is 0.894. The first kappa shape index (κ1) is 13.1. The third-order valence-electron chi connectivity index (χ3n) is 2.93. The Bertz CT molecular complexity index is 510. The average molecular weight is 306 g/mol. The molecule has 0 heterocycles. The number of benzene rings is 2. The Morgan fingerprint density at radius 2 is 1.78 bits per heavy atom. The SMILES string of the molecule is COc1ccccc1CC(N)c1ccc(Br)cc1. The molecule has 1 atom stereocenters. The van der Waals surface area contributed by atoms with Gasteiger partial charge in [-0.1, -0.05) is 46.3 Å². The standard InChI is InChI=1S/C15H16BrNO/c1-18-15-5-3-2-4-12(15)10-14(17)11-6-8-13(16)9-7-11/h2-9,14H,10,17H2,1H3. The van der Waals surface area contributed by atoms with Gasteiger partial charge in [0.25, 0.3) is 0 Å². The number of halogens is 1. The highest BCUT2D eigenvalue weighted by Gasteiger charge is 2.10. The van der Waals surface area contributed by atoms with Crippen LogP contribution in [0.25, 0.3) is 0 Å². The Balaban J connectivity index is 2.15. The fourth-order valence-electron chi connectivity index (χ4n) is 1.94. The predicted octanol–water partition coefficient (Wildman–Crippen LogP) is 3.70. The van der Waals surface area contributed by atoms with Crippen molar-refractivity contribution in [1.82, 2.24) is 0 Å². The van der Waals surface area contributed by atoms with Crippen LogP contribution in [0, 0.1) is 0 Å². The first-order valence-electron chi connectivity index (χ1n) is 5.83. The van der Waals surface area contributed by atoms with Crippen molar-refractivity contribution >= 4 is 15.9 Å². The number of ether oxygens (including phenoxy) is 1. The fraction of sp³-hybridized carbons (Fsp3) is 0.200. The highest BCUT2D eigenvalue weighted by molar-refractivity contribution is 9.10. The molecule has 0 amide bonds. The molecule has 2 N–H and O–H groups in total. The van der Waals surface area contributed by atoms with E-state index in [9.17, 15) is 0 Å². The fourth-order valence-corrected chi connectivity index (χ4v) is 2.20. The monoisotopic (exact) mass is 305 g/mol. The second-order valence-corrected chi connectivity index (χ2v) is 5.09. The number of nitrogens with two attached hydrogens (primary N) is 1. The minimum absolute atomic E-state index is 0.0191.